The van der Waals surface area contributed by atoms with Crippen LogP contribution in [-0.4, -0.2) is 19.0 Å². The Morgan fingerprint density at radius 1 is 1.00 bits per heavy atom. The minimum Gasteiger partial charge on any atom is -0.397 e. The first kappa shape index (κ1) is 13.4. The van der Waals surface area contributed by atoms with Crippen molar-refractivity contribution in [2.75, 3.05) is 25.6 Å². The van der Waals surface area contributed by atoms with Gasteiger partial charge in [-0.15, -0.1) is 0 Å². The summed E-state index contributed by atoms with van der Waals surface area (Å²) in [6.07, 6.45) is 0. The van der Waals surface area contributed by atoms with Crippen molar-refractivity contribution in [2.24, 2.45) is 0 Å². The highest BCUT2D eigenvalue weighted by Gasteiger charge is 2.09. The van der Waals surface area contributed by atoms with Crippen molar-refractivity contribution >= 4 is 11.4 Å². The van der Waals surface area contributed by atoms with Crippen molar-refractivity contribution in [3.63, 3.8) is 0 Å². The van der Waals surface area contributed by atoms with Crippen LogP contribution in [0.25, 0.3) is 11.1 Å². The number of nitrogens with two attached hydrogens (primary N) is 2. The minimum atomic E-state index is -0.249. The molecule has 0 radical (unpaired) electrons. The SMILES string of the molecule is CN(C)Cc1cc(N)c(N)cc1-c1ccc(F)cc1. The molecule has 0 saturated heterocycles. The Balaban J connectivity index is 2.53. The molecule has 0 saturated carbocycles. The van der Waals surface area contributed by atoms with Crippen molar-refractivity contribution < 1.29 is 4.39 Å². The van der Waals surface area contributed by atoms with Gasteiger partial charge in [0.15, 0.2) is 0 Å². The highest BCUT2D eigenvalue weighted by atomic mass is 19.1. The number of benzene rings is 2. The highest BCUT2D eigenvalue weighted by molar-refractivity contribution is 5.77. The lowest BCUT2D eigenvalue weighted by molar-refractivity contribution is 0.403. The largest absolute Gasteiger partial charge is 0.397 e. The van der Waals surface area contributed by atoms with Crippen molar-refractivity contribution in [3.05, 3.63) is 47.8 Å². The molecule has 2 rings (SSSR count). The number of halogens is 1. The Morgan fingerprint density at radius 2 is 1.58 bits per heavy atom. The molecule has 100 valence electrons. The summed E-state index contributed by atoms with van der Waals surface area (Å²) in [4.78, 5) is 2.05. The molecule has 2 aromatic rings. The molecule has 0 atom stereocenters. The molecule has 0 aliphatic rings. The van der Waals surface area contributed by atoms with E-state index in [0.717, 1.165) is 23.2 Å². The van der Waals surface area contributed by atoms with Crippen LogP contribution in [0.3, 0.4) is 0 Å². The smallest absolute Gasteiger partial charge is 0.123 e. The lowest BCUT2D eigenvalue weighted by atomic mass is 9.97. The summed E-state index contributed by atoms with van der Waals surface area (Å²) < 4.78 is 13.0. The van der Waals surface area contributed by atoms with Crippen molar-refractivity contribution in [2.45, 2.75) is 6.54 Å². The number of hydrogen-bond acceptors (Lipinski definition) is 3. The number of nitrogen functional groups attached to an aromatic ring is 2. The molecule has 3 nitrogen and oxygen atoms in total. The van der Waals surface area contributed by atoms with E-state index in [4.69, 9.17) is 11.5 Å². The lowest BCUT2D eigenvalue weighted by Gasteiger charge is -2.16. The number of rotatable bonds is 3. The number of anilines is 2. The first-order chi connectivity index (χ1) is 8.97. The molecule has 0 amide bonds. The summed E-state index contributed by atoms with van der Waals surface area (Å²) in [5, 5.41) is 0. The Morgan fingerprint density at radius 3 is 2.16 bits per heavy atom. The van der Waals surface area contributed by atoms with Gasteiger partial charge < -0.3 is 16.4 Å². The molecular weight excluding hydrogens is 241 g/mol. The average molecular weight is 259 g/mol. The van der Waals surface area contributed by atoms with Crippen LogP contribution in [0.4, 0.5) is 15.8 Å². The Hall–Kier alpha value is -2.07. The zero-order chi connectivity index (χ0) is 14.0. The first-order valence-electron chi connectivity index (χ1n) is 6.06. The standard InChI is InChI=1S/C15H18FN3/c1-19(2)9-11-7-14(17)15(18)8-13(11)10-3-5-12(16)6-4-10/h3-8H,9,17-18H2,1-2H3. The molecule has 2 aromatic carbocycles. The van der Waals surface area contributed by atoms with E-state index in [1.165, 1.54) is 12.1 Å². The van der Waals surface area contributed by atoms with Crippen LogP contribution in [0.15, 0.2) is 36.4 Å². The molecule has 0 spiro atoms. The molecule has 4 N–H and O–H groups in total. The second-order valence-corrected chi connectivity index (χ2v) is 4.88. The molecule has 0 aromatic heterocycles. The third-order valence-electron chi connectivity index (χ3n) is 2.95. The van der Waals surface area contributed by atoms with Crippen LogP contribution >= 0.6 is 0 Å². The summed E-state index contributed by atoms with van der Waals surface area (Å²) in [5.41, 5.74) is 15.8. The van der Waals surface area contributed by atoms with E-state index >= 15 is 0 Å². The normalized spacial score (nSPS) is 10.9. The third-order valence-corrected chi connectivity index (χ3v) is 2.95. The fraction of sp³-hybridized carbons (Fsp3) is 0.200. The number of nitrogens with zero attached hydrogens (tertiary/aromatic N) is 1. The van der Waals surface area contributed by atoms with E-state index in [2.05, 4.69) is 4.90 Å². The van der Waals surface area contributed by atoms with Gasteiger partial charge >= 0.3 is 0 Å². The van der Waals surface area contributed by atoms with Gasteiger partial charge in [0.05, 0.1) is 11.4 Å². The molecule has 0 fully saturated rings. The van der Waals surface area contributed by atoms with Crippen LogP contribution in [-0.2, 0) is 6.54 Å². The Bertz CT molecular complexity index is 577. The second kappa shape index (κ2) is 5.28. The van der Waals surface area contributed by atoms with Crippen LogP contribution < -0.4 is 11.5 Å². The van der Waals surface area contributed by atoms with Crippen molar-refractivity contribution in [1.29, 1.82) is 0 Å². The van der Waals surface area contributed by atoms with Gasteiger partial charge in [-0.3, -0.25) is 0 Å². The fourth-order valence-corrected chi connectivity index (χ4v) is 2.05. The monoisotopic (exact) mass is 259 g/mol. The van der Waals surface area contributed by atoms with Gasteiger partial charge in [-0.1, -0.05) is 12.1 Å². The fourth-order valence-electron chi connectivity index (χ4n) is 2.05. The van der Waals surface area contributed by atoms with Gasteiger partial charge in [-0.25, -0.2) is 4.39 Å². The summed E-state index contributed by atoms with van der Waals surface area (Å²) >= 11 is 0. The van der Waals surface area contributed by atoms with E-state index < -0.39 is 0 Å². The van der Waals surface area contributed by atoms with Gasteiger partial charge in [-0.2, -0.15) is 0 Å². The van der Waals surface area contributed by atoms with Crippen LogP contribution in [0, 0.1) is 5.82 Å². The van der Waals surface area contributed by atoms with Crippen molar-refractivity contribution in [3.8, 4) is 11.1 Å². The summed E-state index contributed by atoms with van der Waals surface area (Å²) in [6, 6.07) is 10.1. The van der Waals surface area contributed by atoms with E-state index in [-0.39, 0.29) is 5.82 Å². The van der Waals surface area contributed by atoms with Gasteiger partial charge in [0.1, 0.15) is 5.82 Å². The Labute approximate surface area is 112 Å². The first-order valence-corrected chi connectivity index (χ1v) is 6.06. The molecule has 0 aliphatic heterocycles. The van der Waals surface area contributed by atoms with Gasteiger partial charge in [0.2, 0.25) is 0 Å². The molecule has 4 heteroatoms. The average Bonchev–Trinajstić information content (AvgIpc) is 2.34. The van der Waals surface area contributed by atoms with Crippen molar-refractivity contribution in [1.82, 2.24) is 4.90 Å². The zero-order valence-corrected chi connectivity index (χ0v) is 11.2. The molecule has 0 aliphatic carbocycles. The maximum Gasteiger partial charge on any atom is 0.123 e. The van der Waals surface area contributed by atoms with Crippen LogP contribution in [0.2, 0.25) is 0 Å². The maximum atomic E-state index is 13.0. The third kappa shape index (κ3) is 3.03. The molecule has 0 bridgehead atoms. The summed E-state index contributed by atoms with van der Waals surface area (Å²) in [5.74, 6) is -0.249. The quantitative estimate of drug-likeness (QED) is 0.833. The van der Waals surface area contributed by atoms with E-state index in [9.17, 15) is 4.39 Å². The van der Waals surface area contributed by atoms with Gasteiger partial charge in [0, 0.05) is 6.54 Å². The topological polar surface area (TPSA) is 55.3 Å². The molecule has 19 heavy (non-hydrogen) atoms. The van der Waals surface area contributed by atoms with E-state index in [1.54, 1.807) is 12.1 Å². The van der Waals surface area contributed by atoms with Crippen LogP contribution in [0.1, 0.15) is 5.56 Å². The Kier molecular flexibility index (Phi) is 3.71. The zero-order valence-electron chi connectivity index (χ0n) is 11.2. The lowest BCUT2D eigenvalue weighted by Crippen LogP contribution is -2.12. The maximum absolute atomic E-state index is 13.0. The number of hydrogen-bond donors (Lipinski definition) is 2. The van der Waals surface area contributed by atoms with Gasteiger partial charge in [0.25, 0.3) is 0 Å². The highest BCUT2D eigenvalue weighted by Crippen LogP contribution is 2.30. The van der Waals surface area contributed by atoms with E-state index in [0.29, 0.717) is 11.4 Å². The molecule has 0 unspecified atom stereocenters. The predicted molar refractivity (Wildman–Crippen MR) is 78.1 cm³/mol. The molecular formula is C15H18FN3. The summed E-state index contributed by atoms with van der Waals surface area (Å²) in [7, 11) is 3.97. The second-order valence-electron chi connectivity index (χ2n) is 4.88. The summed E-state index contributed by atoms with van der Waals surface area (Å²) in [6.45, 7) is 0.747. The van der Waals surface area contributed by atoms with Gasteiger partial charge in [-0.05, 0) is 55.1 Å². The predicted octanol–water partition coefficient (Wildman–Crippen LogP) is 2.72. The van der Waals surface area contributed by atoms with E-state index in [1.807, 2.05) is 26.2 Å². The van der Waals surface area contributed by atoms with Crippen LogP contribution in [0.5, 0.6) is 0 Å². The molecule has 0 heterocycles. The minimum absolute atomic E-state index is 0.249.